The Kier molecular flexibility index (Phi) is 1.83. The highest BCUT2D eigenvalue weighted by Gasteiger charge is 2.05. The van der Waals surface area contributed by atoms with Gasteiger partial charge >= 0.3 is 0 Å². The number of hydrogen-bond donors (Lipinski definition) is 0. The van der Waals surface area contributed by atoms with Gasteiger partial charge in [-0.3, -0.25) is 0 Å². The van der Waals surface area contributed by atoms with Crippen LogP contribution in [-0.4, -0.2) is 0 Å². The van der Waals surface area contributed by atoms with Crippen LogP contribution in [0.3, 0.4) is 0 Å². The van der Waals surface area contributed by atoms with Crippen molar-refractivity contribution < 1.29 is 0 Å². The van der Waals surface area contributed by atoms with Crippen molar-refractivity contribution in [2.24, 2.45) is 0 Å². The van der Waals surface area contributed by atoms with Crippen LogP contribution in [0.25, 0.3) is 12.2 Å². The first kappa shape index (κ1) is 7.35. The van der Waals surface area contributed by atoms with Crippen LogP contribution in [-0.2, 0) is 6.42 Å². The molecule has 1 aromatic rings. The number of rotatable bonds is 1. The molecular formula is C12H12. The summed E-state index contributed by atoms with van der Waals surface area (Å²) in [5, 5.41) is 0. The van der Waals surface area contributed by atoms with Crippen molar-refractivity contribution in [3.63, 3.8) is 0 Å². The fraction of sp³-hybridized carbons (Fsp3) is 0.167. The summed E-state index contributed by atoms with van der Waals surface area (Å²) in [5.74, 6) is 0. The van der Waals surface area contributed by atoms with Crippen molar-refractivity contribution in [1.29, 1.82) is 0 Å². The van der Waals surface area contributed by atoms with E-state index in [4.69, 9.17) is 0 Å². The van der Waals surface area contributed by atoms with Gasteiger partial charge in [0.05, 0.1) is 0 Å². The number of aryl methyl sites for hydroxylation is 1. The van der Waals surface area contributed by atoms with Crippen LogP contribution in [0.4, 0.5) is 0 Å². The van der Waals surface area contributed by atoms with Gasteiger partial charge in [0.25, 0.3) is 0 Å². The smallest absolute Gasteiger partial charge is 0.0155 e. The second kappa shape index (κ2) is 2.98. The van der Waals surface area contributed by atoms with Crippen molar-refractivity contribution in [2.45, 2.75) is 12.8 Å². The van der Waals surface area contributed by atoms with E-state index in [2.05, 4.69) is 36.9 Å². The Hall–Kier alpha value is -1.30. The Morgan fingerprint density at radius 1 is 1.33 bits per heavy atom. The summed E-state index contributed by atoms with van der Waals surface area (Å²) >= 11 is 0. The number of allylic oxidation sites excluding steroid dienone is 1. The summed E-state index contributed by atoms with van der Waals surface area (Å²) in [6.07, 6.45) is 8.71. The minimum absolute atomic E-state index is 1.17. The summed E-state index contributed by atoms with van der Waals surface area (Å²) in [4.78, 5) is 0. The highest BCUT2D eigenvalue weighted by Crippen LogP contribution is 2.23. The average molecular weight is 156 g/mol. The summed E-state index contributed by atoms with van der Waals surface area (Å²) in [5.41, 5.74) is 4.07. The van der Waals surface area contributed by atoms with Crippen molar-refractivity contribution >= 4 is 12.2 Å². The predicted octanol–water partition coefficient (Wildman–Crippen LogP) is 3.29. The van der Waals surface area contributed by atoms with Crippen LogP contribution in [0.1, 0.15) is 23.1 Å². The summed E-state index contributed by atoms with van der Waals surface area (Å²) in [6.45, 7) is 3.81. The van der Waals surface area contributed by atoms with Gasteiger partial charge in [-0.15, -0.1) is 0 Å². The molecule has 0 bridgehead atoms. The summed E-state index contributed by atoms with van der Waals surface area (Å²) in [7, 11) is 0. The lowest BCUT2D eigenvalue weighted by atomic mass is 9.93. The minimum atomic E-state index is 1.17. The maximum atomic E-state index is 3.81. The largest absolute Gasteiger partial charge is 0.0984 e. The first-order valence-corrected chi connectivity index (χ1v) is 4.32. The SMILES string of the molecule is C=Cc1cccc2c1C=CCC2. The number of fused-ring (bicyclic) bond motifs is 1. The molecule has 60 valence electrons. The monoisotopic (exact) mass is 156 g/mol. The molecule has 0 saturated heterocycles. The molecule has 0 heteroatoms. The maximum Gasteiger partial charge on any atom is -0.0155 e. The van der Waals surface area contributed by atoms with Gasteiger partial charge < -0.3 is 0 Å². The molecule has 1 aliphatic rings. The third-order valence-corrected chi connectivity index (χ3v) is 2.31. The molecule has 0 radical (unpaired) electrons. The van der Waals surface area contributed by atoms with Crippen LogP contribution < -0.4 is 0 Å². The fourth-order valence-corrected chi connectivity index (χ4v) is 1.67. The average Bonchev–Trinajstić information content (AvgIpc) is 2.17. The van der Waals surface area contributed by atoms with Crippen LogP contribution >= 0.6 is 0 Å². The number of benzene rings is 1. The van der Waals surface area contributed by atoms with Crippen molar-refractivity contribution in [3.8, 4) is 0 Å². The van der Waals surface area contributed by atoms with E-state index < -0.39 is 0 Å². The molecule has 0 atom stereocenters. The van der Waals surface area contributed by atoms with Gasteiger partial charge in [-0.05, 0) is 29.5 Å². The van der Waals surface area contributed by atoms with Gasteiger partial charge in [0.15, 0.2) is 0 Å². The molecule has 0 amide bonds. The first-order chi connectivity index (χ1) is 5.92. The Balaban J connectivity index is 2.61. The summed E-state index contributed by atoms with van der Waals surface area (Å²) in [6, 6.07) is 6.42. The van der Waals surface area contributed by atoms with E-state index in [1.807, 2.05) is 6.08 Å². The zero-order valence-corrected chi connectivity index (χ0v) is 7.09. The van der Waals surface area contributed by atoms with E-state index in [1.54, 1.807) is 0 Å². The van der Waals surface area contributed by atoms with Gasteiger partial charge in [-0.1, -0.05) is 43.0 Å². The molecular weight excluding hydrogens is 144 g/mol. The van der Waals surface area contributed by atoms with Gasteiger partial charge in [-0.2, -0.15) is 0 Å². The molecule has 0 unspecified atom stereocenters. The van der Waals surface area contributed by atoms with E-state index in [0.717, 1.165) is 0 Å². The molecule has 0 heterocycles. The van der Waals surface area contributed by atoms with Crippen LogP contribution in [0.2, 0.25) is 0 Å². The number of hydrogen-bond acceptors (Lipinski definition) is 0. The molecule has 12 heavy (non-hydrogen) atoms. The van der Waals surface area contributed by atoms with Crippen LogP contribution in [0.15, 0.2) is 30.9 Å². The first-order valence-electron chi connectivity index (χ1n) is 4.32. The molecule has 0 nitrogen and oxygen atoms in total. The highest BCUT2D eigenvalue weighted by molar-refractivity contribution is 5.68. The molecule has 0 aromatic heterocycles. The third-order valence-electron chi connectivity index (χ3n) is 2.31. The van der Waals surface area contributed by atoms with E-state index in [0.29, 0.717) is 0 Å². The van der Waals surface area contributed by atoms with E-state index >= 15 is 0 Å². The van der Waals surface area contributed by atoms with Crippen LogP contribution in [0, 0.1) is 0 Å². The Bertz CT molecular complexity index is 332. The second-order valence-electron chi connectivity index (χ2n) is 3.07. The minimum Gasteiger partial charge on any atom is -0.0984 e. The maximum absolute atomic E-state index is 3.81. The van der Waals surface area contributed by atoms with Crippen molar-refractivity contribution in [3.05, 3.63) is 47.5 Å². The van der Waals surface area contributed by atoms with Gasteiger partial charge in [-0.25, -0.2) is 0 Å². The highest BCUT2D eigenvalue weighted by atomic mass is 14.1. The molecule has 0 saturated carbocycles. The van der Waals surface area contributed by atoms with Gasteiger partial charge in [0.2, 0.25) is 0 Å². The molecule has 1 aromatic carbocycles. The normalized spacial score (nSPS) is 14.0. The molecule has 1 aliphatic carbocycles. The lowest BCUT2D eigenvalue weighted by Crippen LogP contribution is -1.95. The summed E-state index contributed by atoms with van der Waals surface area (Å²) < 4.78 is 0. The van der Waals surface area contributed by atoms with Gasteiger partial charge in [0, 0.05) is 0 Å². The third kappa shape index (κ3) is 1.10. The topological polar surface area (TPSA) is 0 Å². The predicted molar refractivity (Wildman–Crippen MR) is 53.9 cm³/mol. The Morgan fingerprint density at radius 3 is 3.08 bits per heavy atom. The zero-order chi connectivity index (χ0) is 8.39. The zero-order valence-electron chi connectivity index (χ0n) is 7.09. The molecule has 2 rings (SSSR count). The van der Waals surface area contributed by atoms with Crippen molar-refractivity contribution in [1.82, 2.24) is 0 Å². The Morgan fingerprint density at radius 2 is 2.25 bits per heavy atom. The molecule has 0 N–H and O–H groups in total. The molecule has 0 fully saturated rings. The Labute approximate surface area is 73.2 Å². The standard InChI is InChI=1S/C12H12/c1-2-10-7-5-8-11-6-3-4-9-12(10)11/h2,4-5,7-9H,1,3,6H2. The second-order valence-corrected chi connectivity index (χ2v) is 3.07. The van der Waals surface area contributed by atoms with Crippen LogP contribution in [0.5, 0.6) is 0 Å². The van der Waals surface area contributed by atoms with Gasteiger partial charge in [0.1, 0.15) is 0 Å². The van der Waals surface area contributed by atoms with E-state index in [-0.39, 0.29) is 0 Å². The molecule has 0 spiro atoms. The quantitative estimate of drug-likeness (QED) is 0.585. The van der Waals surface area contributed by atoms with Crippen molar-refractivity contribution in [2.75, 3.05) is 0 Å². The fourth-order valence-electron chi connectivity index (χ4n) is 1.67. The lowest BCUT2D eigenvalue weighted by Gasteiger charge is -2.12. The van der Waals surface area contributed by atoms with E-state index in [1.165, 1.54) is 29.5 Å². The van der Waals surface area contributed by atoms with E-state index in [9.17, 15) is 0 Å². The molecule has 0 aliphatic heterocycles. The lowest BCUT2D eigenvalue weighted by molar-refractivity contribution is 0.985.